The zero-order valence-electron chi connectivity index (χ0n) is 8.02. The fraction of sp³-hybridized carbons (Fsp3) is 0.667. The van der Waals surface area contributed by atoms with E-state index in [2.05, 4.69) is 0 Å². The van der Waals surface area contributed by atoms with Crippen molar-refractivity contribution in [2.75, 3.05) is 13.1 Å². The molecule has 0 atom stereocenters. The van der Waals surface area contributed by atoms with Gasteiger partial charge in [-0.1, -0.05) is 0 Å². The van der Waals surface area contributed by atoms with Crippen molar-refractivity contribution in [2.24, 2.45) is 5.92 Å². The number of hydrogen-bond acceptors (Lipinski definition) is 3. The van der Waals surface area contributed by atoms with E-state index in [1.807, 2.05) is 0 Å². The number of hydrogen-bond donors (Lipinski definition) is 1. The summed E-state index contributed by atoms with van der Waals surface area (Å²) in [4.78, 5) is 33.6. The predicted molar refractivity (Wildman–Crippen MR) is 47.6 cm³/mol. The fourth-order valence-corrected chi connectivity index (χ4v) is 1.62. The van der Waals surface area contributed by atoms with Crippen molar-refractivity contribution in [3.05, 3.63) is 0 Å². The SMILES string of the molecule is CC(=O)C1CCN(C(=O)C(=O)O)CC1. The molecule has 0 aromatic rings. The van der Waals surface area contributed by atoms with E-state index in [4.69, 9.17) is 5.11 Å². The summed E-state index contributed by atoms with van der Waals surface area (Å²) in [5.41, 5.74) is 0. The molecule has 0 aromatic heterocycles. The van der Waals surface area contributed by atoms with Crippen LogP contribution in [-0.4, -0.2) is 40.8 Å². The molecular formula is C9H13NO4. The molecule has 0 aliphatic carbocycles. The molecule has 1 fully saturated rings. The van der Waals surface area contributed by atoms with Crippen molar-refractivity contribution >= 4 is 17.7 Å². The van der Waals surface area contributed by atoms with Gasteiger partial charge in [0.25, 0.3) is 0 Å². The van der Waals surface area contributed by atoms with E-state index < -0.39 is 11.9 Å². The number of rotatable bonds is 1. The molecule has 78 valence electrons. The number of nitrogens with zero attached hydrogens (tertiary/aromatic N) is 1. The Hall–Kier alpha value is -1.39. The van der Waals surface area contributed by atoms with Crippen LogP contribution in [0, 0.1) is 5.92 Å². The minimum Gasteiger partial charge on any atom is -0.474 e. The minimum absolute atomic E-state index is 0.00663. The molecule has 0 spiro atoms. The highest BCUT2D eigenvalue weighted by molar-refractivity contribution is 6.31. The summed E-state index contributed by atoms with van der Waals surface area (Å²) in [7, 11) is 0. The molecule has 0 saturated carbocycles. The average molecular weight is 199 g/mol. The Bertz CT molecular complexity index is 266. The number of ketones is 1. The Kier molecular flexibility index (Phi) is 3.22. The molecular weight excluding hydrogens is 186 g/mol. The van der Waals surface area contributed by atoms with E-state index in [-0.39, 0.29) is 11.7 Å². The Morgan fingerprint density at radius 3 is 2.07 bits per heavy atom. The highest BCUT2D eigenvalue weighted by atomic mass is 16.4. The monoisotopic (exact) mass is 199 g/mol. The quantitative estimate of drug-likeness (QED) is 0.598. The van der Waals surface area contributed by atoms with Crippen LogP contribution in [0.1, 0.15) is 19.8 Å². The molecule has 1 saturated heterocycles. The van der Waals surface area contributed by atoms with E-state index >= 15 is 0 Å². The van der Waals surface area contributed by atoms with Gasteiger partial charge in [0.1, 0.15) is 5.78 Å². The van der Waals surface area contributed by atoms with Crippen molar-refractivity contribution in [1.82, 2.24) is 4.90 Å². The molecule has 5 nitrogen and oxygen atoms in total. The first-order valence-corrected chi connectivity index (χ1v) is 4.55. The number of likely N-dealkylation sites (tertiary alicyclic amines) is 1. The number of carboxylic acids is 1. The standard InChI is InChI=1S/C9H13NO4/c1-6(11)7-2-4-10(5-3-7)8(12)9(13)14/h7H,2-5H2,1H3,(H,13,14). The molecule has 0 radical (unpaired) electrons. The van der Waals surface area contributed by atoms with Gasteiger partial charge in [0.05, 0.1) is 0 Å². The topological polar surface area (TPSA) is 74.7 Å². The molecule has 1 N–H and O–H groups in total. The molecule has 0 bridgehead atoms. The average Bonchev–Trinajstić information content (AvgIpc) is 2.16. The zero-order valence-corrected chi connectivity index (χ0v) is 8.02. The fourth-order valence-electron chi connectivity index (χ4n) is 1.62. The third kappa shape index (κ3) is 2.31. The van der Waals surface area contributed by atoms with Gasteiger partial charge in [-0.2, -0.15) is 0 Å². The number of carbonyl (C=O) groups excluding carboxylic acids is 2. The summed E-state index contributed by atoms with van der Waals surface area (Å²) in [6, 6.07) is 0. The summed E-state index contributed by atoms with van der Waals surface area (Å²) in [6.07, 6.45) is 1.16. The number of amides is 1. The molecule has 0 aromatic carbocycles. The summed E-state index contributed by atoms with van der Waals surface area (Å²) in [5.74, 6) is -2.18. The van der Waals surface area contributed by atoms with Crippen molar-refractivity contribution in [3.8, 4) is 0 Å². The lowest BCUT2D eigenvalue weighted by Crippen LogP contribution is -2.43. The molecule has 1 aliphatic rings. The van der Waals surface area contributed by atoms with Crippen LogP contribution in [0.4, 0.5) is 0 Å². The van der Waals surface area contributed by atoms with E-state index in [1.54, 1.807) is 0 Å². The van der Waals surface area contributed by atoms with Crippen LogP contribution >= 0.6 is 0 Å². The first kappa shape index (κ1) is 10.7. The second-order valence-electron chi connectivity index (χ2n) is 3.48. The lowest BCUT2D eigenvalue weighted by Gasteiger charge is -2.29. The summed E-state index contributed by atoms with van der Waals surface area (Å²) in [6.45, 7) is 2.27. The predicted octanol–water partition coefficient (Wildman–Crippen LogP) is -0.101. The molecule has 1 amide bonds. The number of piperidine rings is 1. The number of aliphatic carboxylic acids is 1. The maximum atomic E-state index is 11.0. The first-order chi connectivity index (χ1) is 6.52. The van der Waals surface area contributed by atoms with Crippen LogP contribution in [0.15, 0.2) is 0 Å². The van der Waals surface area contributed by atoms with Crippen molar-refractivity contribution < 1.29 is 19.5 Å². The molecule has 14 heavy (non-hydrogen) atoms. The molecule has 0 unspecified atom stereocenters. The van der Waals surface area contributed by atoms with Gasteiger partial charge >= 0.3 is 11.9 Å². The van der Waals surface area contributed by atoms with E-state index in [0.29, 0.717) is 25.9 Å². The van der Waals surface area contributed by atoms with Gasteiger partial charge in [0.15, 0.2) is 0 Å². The summed E-state index contributed by atoms with van der Waals surface area (Å²) >= 11 is 0. The van der Waals surface area contributed by atoms with Gasteiger partial charge < -0.3 is 10.0 Å². The molecule has 5 heteroatoms. The maximum Gasteiger partial charge on any atom is 0.394 e. The Morgan fingerprint density at radius 2 is 1.71 bits per heavy atom. The van der Waals surface area contributed by atoms with Gasteiger partial charge in [-0.05, 0) is 19.8 Å². The third-order valence-corrected chi connectivity index (χ3v) is 2.54. The van der Waals surface area contributed by atoms with Gasteiger partial charge in [-0.25, -0.2) is 4.79 Å². The maximum absolute atomic E-state index is 11.0. The Morgan fingerprint density at radius 1 is 1.21 bits per heavy atom. The van der Waals surface area contributed by atoms with Crippen LogP contribution in [0.25, 0.3) is 0 Å². The Balaban J connectivity index is 2.47. The second kappa shape index (κ2) is 4.21. The largest absolute Gasteiger partial charge is 0.474 e. The Labute approximate surface area is 81.7 Å². The molecule has 1 heterocycles. The summed E-state index contributed by atoms with van der Waals surface area (Å²) < 4.78 is 0. The number of carboxylic acid groups (broad SMARTS) is 1. The number of Topliss-reactive ketones (excluding diaryl/α,β-unsaturated/α-hetero) is 1. The normalized spacial score (nSPS) is 17.9. The molecule has 1 rings (SSSR count). The lowest BCUT2D eigenvalue weighted by molar-refractivity contribution is -0.156. The smallest absolute Gasteiger partial charge is 0.394 e. The van der Waals surface area contributed by atoms with Crippen LogP contribution in [0.3, 0.4) is 0 Å². The minimum atomic E-state index is -1.42. The van der Waals surface area contributed by atoms with Crippen molar-refractivity contribution in [2.45, 2.75) is 19.8 Å². The van der Waals surface area contributed by atoms with Crippen LogP contribution in [0.5, 0.6) is 0 Å². The van der Waals surface area contributed by atoms with E-state index in [0.717, 1.165) is 0 Å². The van der Waals surface area contributed by atoms with Gasteiger partial charge in [0, 0.05) is 19.0 Å². The molecule has 1 aliphatic heterocycles. The van der Waals surface area contributed by atoms with Crippen LogP contribution in [0.2, 0.25) is 0 Å². The van der Waals surface area contributed by atoms with E-state index in [9.17, 15) is 14.4 Å². The van der Waals surface area contributed by atoms with Gasteiger partial charge in [-0.3, -0.25) is 9.59 Å². The van der Waals surface area contributed by atoms with Crippen molar-refractivity contribution in [3.63, 3.8) is 0 Å². The summed E-state index contributed by atoms with van der Waals surface area (Å²) in [5, 5.41) is 8.45. The van der Waals surface area contributed by atoms with Crippen LogP contribution in [-0.2, 0) is 14.4 Å². The van der Waals surface area contributed by atoms with Crippen molar-refractivity contribution in [1.29, 1.82) is 0 Å². The lowest BCUT2D eigenvalue weighted by atomic mass is 9.93. The zero-order chi connectivity index (χ0) is 10.7. The third-order valence-electron chi connectivity index (χ3n) is 2.54. The highest BCUT2D eigenvalue weighted by Crippen LogP contribution is 2.17. The first-order valence-electron chi connectivity index (χ1n) is 4.55. The number of carbonyl (C=O) groups is 3. The van der Waals surface area contributed by atoms with Gasteiger partial charge in [0.2, 0.25) is 0 Å². The van der Waals surface area contributed by atoms with E-state index in [1.165, 1.54) is 11.8 Å². The van der Waals surface area contributed by atoms with Gasteiger partial charge in [-0.15, -0.1) is 0 Å². The highest BCUT2D eigenvalue weighted by Gasteiger charge is 2.28. The second-order valence-corrected chi connectivity index (χ2v) is 3.48. The van der Waals surface area contributed by atoms with Crippen LogP contribution < -0.4 is 0 Å².